The molecule has 0 atom stereocenters. The molecule has 3 heterocycles. The van der Waals surface area contributed by atoms with Crippen LogP contribution in [0.5, 0.6) is 0 Å². The van der Waals surface area contributed by atoms with Crippen LogP contribution >= 0.6 is 0 Å². The van der Waals surface area contributed by atoms with E-state index in [9.17, 15) is 0 Å². The topological polar surface area (TPSA) is 53.9 Å². The molecule has 0 amide bonds. The van der Waals surface area contributed by atoms with Gasteiger partial charge in [-0.15, -0.1) is 10.2 Å². The van der Waals surface area contributed by atoms with Crippen LogP contribution in [-0.4, -0.2) is 39.3 Å². The maximum Gasteiger partial charge on any atom is 0.151 e. The Hall–Kier alpha value is -2.53. The van der Waals surface area contributed by atoms with E-state index in [4.69, 9.17) is 0 Å². The summed E-state index contributed by atoms with van der Waals surface area (Å²) in [4.78, 5) is 6.90. The molecule has 1 N–H and O–H groups in total. The zero-order valence-electron chi connectivity index (χ0n) is 19.9. The van der Waals surface area contributed by atoms with Gasteiger partial charge in [-0.05, 0) is 76.1 Å². The lowest BCUT2D eigenvalue weighted by Crippen LogP contribution is -2.62. The highest BCUT2D eigenvalue weighted by atomic mass is 15.3. The standard InChI is InChI=1S/C26H35N5/c1-17(2)23-13-18-8-9-19(12-20(18)16-27-23)22-10-11-24(29-28-22)31(7)21-14-25(3,4)30-26(5,6)15-21/h8-13,16-17,21,30H,14-15H2,1-7H3. The van der Waals surface area contributed by atoms with Gasteiger partial charge in [-0.25, -0.2) is 0 Å². The summed E-state index contributed by atoms with van der Waals surface area (Å²) in [6.45, 7) is 13.5. The van der Waals surface area contributed by atoms with Crippen molar-refractivity contribution < 1.29 is 0 Å². The largest absolute Gasteiger partial charge is 0.355 e. The monoisotopic (exact) mass is 417 g/mol. The summed E-state index contributed by atoms with van der Waals surface area (Å²) in [5.41, 5.74) is 3.28. The molecular weight excluding hydrogens is 382 g/mol. The predicted molar refractivity (Wildman–Crippen MR) is 130 cm³/mol. The maximum absolute atomic E-state index is 4.61. The quantitative estimate of drug-likeness (QED) is 0.602. The Morgan fingerprint density at radius 1 is 0.935 bits per heavy atom. The van der Waals surface area contributed by atoms with Gasteiger partial charge in [0.1, 0.15) is 0 Å². The van der Waals surface area contributed by atoms with Gasteiger partial charge in [0.15, 0.2) is 5.82 Å². The average molecular weight is 418 g/mol. The third-order valence-corrected chi connectivity index (χ3v) is 6.36. The molecule has 5 nitrogen and oxygen atoms in total. The number of nitrogens with zero attached hydrogens (tertiary/aromatic N) is 4. The molecule has 0 saturated carbocycles. The Morgan fingerprint density at radius 3 is 2.26 bits per heavy atom. The van der Waals surface area contributed by atoms with Gasteiger partial charge in [0.25, 0.3) is 0 Å². The fourth-order valence-electron chi connectivity index (χ4n) is 5.03. The van der Waals surface area contributed by atoms with Gasteiger partial charge in [0, 0.05) is 47.0 Å². The molecule has 0 bridgehead atoms. The van der Waals surface area contributed by atoms with Gasteiger partial charge in [-0.3, -0.25) is 4.98 Å². The van der Waals surface area contributed by atoms with Crippen LogP contribution in [-0.2, 0) is 0 Å². The number of benzene rings is 1. The number of pyridine rings is 1. The molecule has 0 spiro atoms. The third kappa shape index (κ3) is 4.72. The molecule has 1 aromatic carbocycles. The second-order valence-electron chi connectivity index (χ2n) is 10.7. The highest BCUT2D eigenvalue weighted by Gasteiger charge is 2.39. The smallest absolute Gasteiger partial charge is 0.151 e. The first-order valence-electron chi connectivity index (χ1n) is 11.3. The van der Waals surface area contributed by atoms with Crippen LogP contribution in [0.3, 0.4) is 0 Å². The first-order chi connectivity index (χ1) is 14.5. The van der Waals surface area contributed by atoms with Crippen LogP contribution in [0.25, 0.3) is 22.0 Å². The first-order valence-corrected chi connectivity index (χ1v) is 11.3. The second-order valence-corrected chi connectivity index (χ2v) is 10.7. The molecule has 1 aliphatic rings. The summed E-state index contributed by atoms with van der Waals surface area (Å²) in [6.07, 6.45) is 4.11. The van der Waals surface area contributed by atoms with E-state index >= 15 is 0 Å². The molecule has 5 heteroatoms. The number of piperidine rings is 1. The van der Waals surface area contributed by atoms with Crippen LogP contribution in [0.15, 0.2) is 42.6 Å². The summed E-state index contributed by atoms with van der Waals surface area (Å²) in [7, 11) is 2.14. The van der Waals surface area contributed by atoms with Crippen LogP contribution in [0, 0.1) is 0 Å². The van der Waals surface area contributed by atoms with Crippen LogP contribution in [0.4, 0.5) is 5.82 Å². The highest BCUT2D eigenvalue weighted by Crippen LogP contribution is 2.33. The van der Waals surface area contributed by atoms with E-state index in [-0.39, 0.29) is 11.1 Å². The third-order valence-electron chi connectivity index (χ3n) is 6.36. The van der Waals surface area contributed by atoms with E-state index in [0.29, 0.717) is 12.0 Å². The van der Waals surface area contributed by atoms with Gasteiger partial charge in [-0.1, -0.05) is 26.0 Å². The second kappa shape index (κ2) is 7.86. The number of hydrogen-bond acceptors (Lipinski definition) is 5. The zero-order chi connectivity index (χ0) is 22.4. The Kier molecular flexibility index (Phi) is 5.50. The minimum atomic E-state index is 0.0998. The summed E-state index contributed by atoms with van der Waals surface area (Å²) in [6, 6.07) is 13.2. The molecule has 0 unspecified atom stereocenters. The van der Waals surface area contributed by atoms with Crippen LogP contribution in [0.2, 0.25) is 0 Å². The number of hydrogen-bond donors (Lipinski definition) is 1. The van der Waals surface area contributed by atoms with Gasteiger partial charge in [-0.2, -0.15) is 0 Å². The SMILES string of the molecule is CC(C)c1cc2ccc(-c3ccc(N(C)C4CC(C)(C)NC(C)(C)C4)nn3)cc2cn1. The van der Waals surface area contributed by atoms with Crippen molar-refractivity contribution >= 4 is 16.6 Å². The Balaban J connectivity index is 1.56. The Labute approximate surface area is 186 Å². The molecule has 0 aliphatic carbocycles. The lowest BCUT2D eigenvalue weighted by atomic mass is 9.79. The van der Waals surface area contributed by atoms with Crippen molar-refractivity contribution in [3.05, 3.63) is 48.3 Å². The minimum absolute atomic E-state index is 0.0998. The van der Waals surface area contributed by atoms with Gasteiger partial charge < -0.3 is 10.2 Å². The van der Waals surface area contributed by atoms with E-state index in [1.54, 1.807) is 0 Å². The number of fused-ring (bicyclic) bond motifs is 1. The first kappa shape index (κ1) is 21.7. The molecule has 1 aliphatic heterocycles. The maximum atomic E-state index is 4.61. The van der Waals surface area contributed by atoms with Crippen molar-refractivity contribution in [2.45, 2.75) is 77.4 Å². The summed E-state index contributed by atoms with van der Waals surface area (Å²) >= 11 is 0. The molecule has 4 rings (SSSR count). The molecule has 0 radical (unpaired) electrons. The van der Waals surface area contributed by atoms with Crippen molar-refractivity contribution in [3.63, 3.8) is 0 Å². The van der Waals surface area contributed by atoms with Gasteiger partial charge >= 0.3 is 0 Å². The molecular formula is C26H35N5. The number of nitrogens with one attached hydrogen (secondary N) is 1. The van der Waals surface area contributed by atoms with Crippen molar-refractivity contribution in [2.24, 2.45) is 0 Å². The molecule has 31 heavy (non-hydrogen) atoms. The average Bonchev–Trinajstić information content (AvgIpc) is 2.70. The summed E-state index contributed by atoms with van der Waals surface area (Å²) in [5, 5.41) is 15.2. The van der Waals surface area contributed by atoms with E-state index in [1.165, 1.54) is 5.39 Å². The Bertz CT molecular complexity index is 1050. The van der Waals surface area contributed by atoms with E-state index in [0.717, 1.165) is 41.0 Å². The number of rotatable bonds is 4. The lowest BCUT2D eigenvalue weighted by molar-refractivity contribution is 0.160. The number of aromatic nitrogens is 3. The molecule has 3 aromatic rings. The molecule has 1 saturated heterocycles. The molecule has 2 aromatic heterocycles. The molecule has 164 valence electrons. The summed E-state index contributed by atoms with van der Waals surface area (Å²) < 4.78 is 0. The van der Waals surface area contributed by atoms with Crippen molar-refractivity contribution in [1.29, 1.82) is 0 Å². The van der Waals surface area contributed by atoms with Crippen molar-refractivity contribution in [1.82, 2.24) is 20.5 Å². The highest BCUT2D eigenvalue weighted by molar-refractivity contribution is 5.86. The van der Waals surface area contributed by atoms with Crippen molar-refractivity contribution in [2.75, 3.05) is 11.9 Å². The van der Waals surface area contributed by atoms with E-state index < -0.39 is 0 Å². The van der Waals surface area contributed by atoms with E-state index in [2.05, 4.69) is 110 Å². The van der Waals surface area contributed by atoms with Gasteiger partial charge in [0.05, 0.1) is 5.69 Å². The zero-order valence-corrected chi connectivity index (χ0v) is 19.9. The Morgan fingerprint density at radius 2 is 1.65 bits per heavy atom. The molecule has 1 fully saturated rings. The number of anilines is 1. The van der Waals surface area contributed by atoms with Crippen LogP contribution in [0.1, 0.15) is 66.0 Å². The predicted octanol–water partition coefficient (Wildman–Crippen LogP) is 5.56. The lowest BCUT2D eigenvalue weighted by Gasteiger charge is -2.49. The fraction of sp³-hybridized carbons (Fsp3) is 0.500. The van der Waals surface area contributed by atoms with Gasteiger partial charge in [0.2, 0.25) is 0 Å². The minimum Gasteiger partial charge on any atom is -0.355 e. The fourth-order valence-corrected chi connectivity index (χ4v) is 5.03. The van der Waals surface area contributed by atoms with Crippen molar-refractivity contribution in [3.8, 4) is 11.3 Å². The summed E-state index contributed by atoms with van der Waals surface area (Å²) in [5.74, 6) is 1.35. The van der Waals surface area contributed by atoms with E-state index in [1.807, 2.05) is 6.20 Å². The normalized spacial score (nSPS) is 18.5. The van der Waals surface area contributed by atoms with Crippen LogP contribution < -0.4 is 10.2 Å².